The minimum atomic E-state index is -0.161. The van der Waals surface area contributed by atoms with Gasteiger partial charge in [-0.05, 0) is 68.1 Å². The van der Waals surface area contributed by atoms with E-state index >= 15 is 0 Å². The lowest BCUT2D eigenvalue weighted by Crippen LogP contribution is -2.28. The topological polar surface area (TPSA) is 97.6 Å². The number of halogens is 1. The van der Waals surface area contributed by atoms with Crippen LogP contribution >= 0.6 is 11.6 Å². The van der Waals surface area contributed by atoms with Gasteiger partial charge in [-0.1, -0.05) is 35.9 Å². The van der Waals surface area contributed by atoms with Crippen molar-refractivity contribution >= 4 is 34.3 Å². The SMILES string of the molecule is CCn1c(=O)c(-c2ccc(-c3ncccn3)cc2Cl)cc2cnc(Nc3ccc(C4CCCNC4)cc3)nc21. The summed E-state index contributed by atoms with van der Waals surface area (Å²) in [5, 5.41) is 7.96. The second kappa shape index (κ2) is 10.9. The number of aryl methyl sites for hydroxylation is 1. The molecule has 0 amide bonds. The first-order chi connectivity index (χ1) is 19.1. The number of rotatable bonds is 6. The predicted molar refractivity (Wildman–Crippen MR) is 156 cm³/mol. The molecular weight excluding hydrogens is 510 g/mol. The summed E-state index contributed by atoms with van der Waals surface area (Å²) in [7, 11) is 0. The first-order valence-electron chi connectivity index (χ1n) is 13.2. The molecule has 0 aliphatic carbocycles. The van der Waals surface area contributed by atoms with Crippen LogP contribution in [0.4, 0.5) is 11.6 Å². The second-order valence-electron chi connectivity index (χ2n) is 9.64. The lowest BCUT2D eigenvalue weighted by molar-refractivity contribution is 0.461. The molecule has 1 aliphatic heterocycles. The van der Waals surface area contributed by atoms with Gasteiger partial charge in [-0.25, -0.2) is 15.0 Å². The molecule has 196 valence electrons. The van der Waals surface area contributed by atoms with Crippen LogP contribution in [-0.4, -0.2) is 37.6 Å². The predicted octanol–water partition coefficient (Wildman–Crippen LogP) is 5.80. The van der Waals surface area contributed by atoms with E-state index in [0.29, 0.717) is 46.0 Å². The Labute approximate surface area is 231 Å². The minimum absolute atomic E-state index is 0.161. The lowest BCUT2D eigenvalue weighted by Gasteiger charge is -2.23. The van der Waals surface area contributed by atoms with E-state index in [1.54, 1.807) is 41.4 Å². The van der Waals surface area contributed by atoms with Crippen molar-refractivity contribution in [1.82, 2.24) is 29.8 Å². The van der Waals surface area contributed by atoms with E-state index in [1.807, 2.05) is 19.1 Å². The van der Waals surface area contributed by atoms with Gasteiger partial charge in [-0.2, -0.15) is 4.98 Å². The van der Waals surface area contributed by atoms with E-state index in [2.05, 4.69) is 49.9 Å². The Bertz CT molecular complexity index is 1680. The van der Waals surface area contributed by atoms with Gasteiger partial charge in [-0.3, -0.25) is 9.36 Å². The molecule has 5 aromatic rings. The van der Waals surface area contributed by atoms with Crippen LogP contribution in [0.2, 0.25) is 5.02 Å². The molecule has 1 saturated heterocycles. The smallest absolute Gasteiger partial charge is 0.260 e. The van der Waals surface area contributed by atoms with Gasteiger partial charge in [0.2, 0.25) is 5.95 Å². The van der Waals surface area contributed by atoms with Crippen molar-refractivity contribution in [3.8, 4) is 22.5 Å². The first-order valence-corrected chi connectivity index (χ1v) is 13.5. The molecule has 1 unspecified atom stereocenters. The highest BCUT2D eigenvalue weighted by atomic mass is 35.5. The van der Waals surface area contributed by atoms with Crippen LogP contribution < -0.4 is 16.2 Å². The standard InChI is InChI=1S/C30H28ClN7O/c1-2-38-28-22(15-25(29(38)39)24-11-8-20(16-26(24)31)27-33-13-4-14-34-27)18-35-30(37-28)36-23-9-6-19(7-10-23)21-5-3-12-32-17-21/h4,6-11,13-16,18,21,32H,2-3,5,12,17H2,1H3,(H,35,36,37). The number of hydrogen-bond donors (Lipinski definition) is 2. The Morgan fingerprint density at radius 3 is 2.59 bits per heavy atom. The van der Waals surface area contributed by atoms with Crippen molar-refractivity contribution in [2.45, 2.75) is 32.2 Å². The van der Waals surface area contributed by atoms with Crippen molar-refractivity contribution in [1.29, 1.82) is 0 Å². The Morgan fingerprint density at radius 1 is 1.05 bits per heavy atom. The molecule has 1 atom stereocenters. The van der Waals surface area contributed by atoms with Gasteiger partial charge < -0.3 is 10.6 Å². The van der Waals surface area contributed by atoms with E-state index < -0.39 is 0 Å². The first kappa shape index (κ1) is 25.2. The summed E-state index contributed by atoms with van der Waals surface area (Å²) < 4.78 is 1.65. The van der Waals surface area contributed by atoms with Gasteiger partial charge in [0.15, 0.2) is 5.82 Å². The highest BCUT2D eigenvalue weighted by molar-refractivity contribution is 6.33. The zero-order chi connectivity index (χ0) is 26.8. The molecule has 6 rings (SSSR count). The van der Waals surface area contributed by atoms with E-state index in [-0.39, 0.29) is 5.56 Å². The molecule has 0 bridgehead atoms. The maximum atomic E-state index is 13.6. The molecule has 2 aromatic carbocycles. The summed E-state index contributed by atoms with van der Waals surface area (Å²) in [6.07, 6.45) is 7.51. The number of anilines is 2. The van der Waals surface area contributed by atoms with Gasteiger partial charge in [0.05, 0.1) is 0 Å². The summed E-state index contributed by atoms with van der Waals surface area (Å²) in [4.78, 5) is 31.4. The number of hydrogen-bond acceptors (Lipinski definition) is 7. The van der Waals surface area contributed by atoms with Crippen molar-refractivity contribution in [3.63, 3.8) is 0 Å². The van der Waals surface area contributed by atoms with Crippen LogP contribution in [0.3, 0.4) is 0 Å². The number of piperidine rings is 1. The quantitative estimate of drug-likeness (QED) is 0.282. The fraction of sp³-hybridized carbons (Fsp3) is 0.233. The molecule has 4 heterocycles. The maximum Gasteiger partial charge on any atom is 0.260 e. The van der Waals surface area contributed by atoms with Crippen molar-refractivity contribution < 1.29 is 0 Å². The lowest BCUT2D eigenvalue weighted by atomic mass is 9.92. The normalized spacial score (nSPS) is 15.4. The minimum Gasteiger partial charge on any atom is -0.324 e. The van der Waals surface area contributed by atoms with Gasteiger partial charge >= 0.3 is 0 Å². The molecule has 8 nitrogen and oxygen atoms in total. The highest BCUT2D eigenvalue weighted by Gasteiger charge is 2.17. The van der Waals surface area contributed by atoms with Gasteiger partial charge in [0.1, 0.15) is 5.65 Å². The molecule has 39 heavy (non-hydrogen) atoms. The van der Waals surface area contributed by atoms with E-state index in [9.17, 15) is 4.79 Å². The fourth-order valence-electron chi connectivity index (χ4n) is 5.13. The summed E-state index contributed by atoms with van der Waals surface area (Å²) in [6.45, 7) is 4.50. The number of benzene rings is 2. The average Bonchev–Trinajstić information content (AvgIpc) is 2.98. The molecule has 0 spiro atoms. The fourth-order valence-corrected chi connectivity index (χ4v) is 5.41. The molecule has 9 heteroatoms. The van der Waals surface area contributed by atoms with Crippen molar-refractivity contribution in [2.75, 3.05) is 18.4 Å². The van der Waals surface area contributed by atoms with Gasteiger partial charge in [-0.15, -0.1) is 0 Å². The Morgan fingerprint density at radius 2 is 1.87 bits per heavy atom. The van der Waals surface area contributed by atoms with Crippen LogP contribution in [0, 0.1) is 0 Å². The maximum absolute atomic E-state index is 13.6. The molecule has 1 fully saturated rings. The average molecular weight is 538 g/mol. The van der Waals surface area contributed by atoms with Crippen LogP contribution in [-0.2, 0) is 6.54 Å². The third-order valence-electron chi connectivity index (χ3n) is 7.16. The van der Waals surface area contributed by atoms with E-state index in [4.69, 9.17) is 16.6 Å². The highest BCUT2D eigenvalue weighted by Crippen LogP contribution is 2.31. The van der Waals surface area contributed by atoms with E-state index in [1.165, 1.54) is 18.4 Å². The Hall–Kier alpha value is -4.14. The summed E-state index contributed by atoms with van der Waals surface area (Å²) >= 11 is 6.66. The third-order valence-corrected chi connectivity index (χ3v) is 7.47. The van der Waals surface area contributed by atoms with E-state index in [0.717, 1.165) is 29.7 Å². The molecular formula is C30H28ClN7O. The van der Waals surface area contributed by atoms with Gasteiger partial charge in [0, 0.05) is 64.5 Å². The number of pyridine rings is 1. The van der Waals surface area contributed by atoms with Crippen molar-refractivity contribution in [2.24, 2.45) is 0 Å². The van der Waals surface area contributed by atoms with Crippen molar-refractivity contribution in [3.05, 3.63) is 94.1 Å². The molecule has 1 aliphatic rings. The number of aromatic nitrogens is 5. The monoisotopic (exact) mass is 537 g/mol. The van der Waals surface area contributed by atoms with Gasteiger partial charge in [0.25, 0.3) is 5.56 Å². The largest absolute Gasteiger partial charge is 0.324 e. The zero-order valence-corrected chi connectivity index (χ0v) is 22.3. The molecule has 0 radical (unpaired) electrons. The molecule has 0 saturated carbocycles. The van der Waals surface area contributed by atoms with Crippen LogP contribution in [0.15, 0.2) is 78.0 Å². The zero-order valence-electron chi connectivity index (χ0n) is 21.6. The van der Waals surface area contributed by atoms with Crippen LogP contribution in [0.25, 0.3) is 33.5 Å². The summed E-state index contributed by atoms with van der Waals surface area (Å²) in [6, 6.07) is 17.5. The van der Waals surface area contributed by atoms with Crippen LogP contribution in [0.1, 0.15) is 31.2 Å². The Balaban J connectivity index is 1.30. The molecule has 2 N–H and O–H groups in total. The third kappa shape index (κ3) is 5.13. The number of fused-ring (bicyclic) bond motifs is 1. The summed E-state index contributed by atoms with van der Waals surface area (Å²) in [5.41, 5.74) is 4.56. The number of nitrogens with one attached hydrogen (secondary N) is 2. The summed E-state index contributed by atoms with van der Waals surface area (Å²) in [5.74, 6) is 1.56. The number of nitrogens with zero attached hydrogens (tertiary/aromatic N) is 5. The van der Waals surface area contributed by atoms with Crippen LogP contribution in [0.5, 0.6) is 0 Å². The Kier molecular flexibility index (Phi) is 7.04. The second-order valence-corrected chi connectivity index (χ2v) is 10.0. The molecule has 3 aromatic heterocycles.